The average molecular weight is 356 g/mol. The number of hydrogen-bond donors (Lipinski definition) is 2. The Labute approximate surface area is 139 Å². The number of aliphatic hydroxyl groups is 1. The van der Waals surface area contributed by atoms with E-state index in [0.29, 0.717) is 0 Å². The number of ether oxygens (including phenoxy) is 1. The molecule has 0 fully saturated rings. The van der Waals surface area contributed by atoms with Crippen molar-refractivity contribution < 1.29 is 27.8 Å². The number of benzene rings is 1. The largest absolute Gasteiger partial charge is 0.466 e. The molecule has 0 saturated carbocycles. The molecular formula is C15H21ClF3NO3. The highest BCUT2D eigenvalue weighted by Gasteiger charge is 2.33. The number of nitrogens with two attached hydrogens (primary N) is 1. The van der Waals surface area contributed by atoms with E-state index in [0.717, 1.165) is 12.1 Å². The van der Waals surface area contributed by atoms with Crippen LogP contribution in [-0.2, 0) is 21.3 Å². The van der Waals surface area contributed by atoms with Crippen LogP contribution in [0.2, 0.25) is 0 Å². The molecule has 23 heavy (non-hydrogen) atoms. The standard InChI is InChI=1S/C15H20F3NO3.ClH/c1-4-22-13(20)8-12(19)9-5-10(14(2,3)21)7-11(6-9)15(16,17)18;/h5-7,12,21H,4,8,19H2,1-3H3;1H. The lowest BCUT2D eigenvalue weighted by atomic mass is 9.91. The fourth-order valence-electron chi connectivity index (χ4n) is 1.90. The van der Waals surface area contributed by atoms with Gasteiger partial charge < -0.3 is 15.6 Å². The number of carbonyl (C=O) groups is 1. The van der Waals surface area contributed by atoms with Crippen LogP contribution in [0.15, 0.2) is 18.2 Å². The summed E-state index contributed by atoms with van der Waals surface area (Å²) in [7, 11) is 0. The first-order valence-electron chi connectivity index (χ1n) is 6.81. The minimum absolute atomic E-state index is 0. The van der Waals surface area contributed by atoms with Gasteiger partial charge >= 0.3 is 12.1 Å². The van der Waals surface area contributed by atoms with Crippen molar-refractivity contribution in [3.05, 3.63) is 34.9 Å². The van der Waals surface area contributed by atoms with Crippen molar-refractivity contribution in [3.8, 4) is 0 Å². The van der Waals surface area contributed by atoms with Crippen molar-refractivity contribution in [3.63, 3.8) is 0 Å². The third-order valence-corrected chi connectivity index (χ3v) is 3.11. The lowest BCUT2D eigenvalue weighted by Gasteiger charge is -2.22. The summed E-state index contributed by atoms with van der Waals surface area (Å²) in [5.41, 5.74) is 3.63. The van der Waals surface area contributed by atoms with E-state index in [4.69, 9.17) is 10.5 Å². The normalized spacial score (nSPS) is 13.2. The molecule has 0 spiro atoms. The van der Waals surface area contributed by atoms with Crippen LogP contribution in [0, 0.1) is 0 Å². The monoisotopic (exact) mass is 355 g/mol. The van der Waals surface area contributed by atoms with Crippen LogP contribution < -0.4 is 5.73 Å². The van der Waals surface area contributed by atoms with Gasteiger partial charge in [-0.2, -0.15) is 13.2 Å². The zero-order chi connectivity index (χ0) is 17.1. The summed E-state index contributed by atoms with van der Waals surface area (Å²) >= 11 is 0. The molecule has 1 rings (SSSR count). The number of alkyl halides is 3. The van der Waals surface area contributed by atoms with Gasteiger partial charge in [0.15, 0.2) is 0 Å². The molecule has 0 radical (unpaired) electrons. The maximum Gasteiger partial charge on any atom is 0.416 e. The molecule has 0 aromatic heterocycles. The highest BCUT2D eigenvalue weighted by atomic mass is 35.5. The molecule has 132 valence electrons. The van der Waals surface area contributed by atoms with Crippen LogP contribution in [0.3, 0.4) is 0 Å². The van der Waals surface area contributed by atoms with E-state index in [1.165, 1.54) is 19.9 Å². The molecule has 4 nitrogen and oxygen atoms in total. The third-order valence-electron chi connectivity index (χ3n) is 3.11. The molecule has 0 heterocycles. The minimum atomic E-state index is -4.57. The summed E-state index contributed by atoms with van der Waals surface area (Å²) in [4.78, 5) is 11.4. The molecule has 3 N–H and O–H groups in total. The minimum Gasteiger partial charge on any atom is -0.466 e. The fourth-order valence-corrected chi connectivity index (χ4v) is 1.90. The molecule has 0 bridgehead atoms. The molecule has 0 amide bonds. The van der Waals surface area contributed by atoms with E-state index >= 15 is 0 Å². The Morgan fingerprint density at radius 3 is 2.22 bits per heavy atom. The van der Waals surface area contributed by atoms with Crippen molar-refractivity contribution in [2.45, 2.75) is 45.0 Å². The van der Waals surface area contributed by atoms with E-state index in [9.17, 15) is 23.1 Å². The Hall–Kier alpha value is -1.31. The molecule has 1 aromatic rings. The lowest BCUT2D eigenvalue weighted by molar-refractivity contribution is -0.143. The quantitative estimate of drug-likeness (QED) is 0.795. The molecule has 1 unspecified atom stereocenters. The van der Waals surface area contributed by atoms with E-state index in [1.54, 1.807) is 6.92 Å². The number of carbonyl (C=O) groups excluding carboxylic acids is 1. The van der Waals surface area contributed by atoms with Gasteiger partial charge in [-0.05, 0) is 44.0 Å². The van der Waals surface area contributed by atoms with Gasteiger partial charge in [-0.15, -0.1) is 12.4 Å². The zero-order valence-electron chi connectivity index (χ0n) is 13.1. The number of rotatable bonds is 5. The molecule has 0 aliphatic rings. The van der Waals surface area contributed by atoms with Gasteiger partial charge in [0, 0.05) is 6.04 Å². The Balaban J connectivity index is 0.00000484. The summed E-state index contributed by atoms with van der Waals surface area (Å²) in [6.45, 7) is 4.55. The van der Waals surface area contributed by atoms with Crippen molar-refractivity contribution >= 4 is 18.4 Å². The van der Waals surface area contributed by atoms with Gasteiger partial charge in [-0.25, -0.2) is 0 Å². The van der Waals surface area contributed by atoms with Crippen molar-refractivity contribution in [1.29, 1.82) is 0 Å². The maximum absolute atomic E-state index is 13.0. The van der Waals surface area contributed by atoms with Crippen LogP contribution in [0.5, 0.6) is 0 Å². The summed E-state index contributed by atoms with van der Waals surface area (Å²) in [5.74, 6) is -0.586. The van der Waals surface area contributed by atoms with E-state index in [1.807, 2.05) is 0 Å². The predicted octanol–water partition coefficient (Wildman–Crippen LogP) is 3.31. The number of esters is 1. The second-order valence-corrected chi connectivity index (χ2v) is 5.52. The molecule has 0 saturated heterocycles. The van der Waals surface area contributed by atoms with Crippen LogP contribution in [0.1, 0.15) is 49.9 Å². The van der Waals surface area contributed by atoms with Gasteiger partial charge in [0.2, 0.25) is 0 Å². The summed E-state index contributed by atoms with van der Waals surface area (Å²) in [5, 5.41) is 9.95. The Kier molecular flexibility index (Phi) is 7.53. The molecule has 1 aromatic carbocycles. The Bertz CT molecular complexity index is 509. The summed E-state index contributed by atoms with van der Waals surface area (Å²) < 4.78 is 43.6. The zero-order valence-corrected chi connectivity index (χ0v) is 13.9. The van der Waals surface area contributed by atoms with Crippen LogP contribution >= 0.6 is 12.4 Å². The van der Waals surface area contributed by atoms with Crippen molar-refractivity contribution in [1.82, 2.24) is 0 Å². The second kappa shape index (κ2) is 7.99. The van der Waals surface area contributed by atoms with Gasteiger partial charge in [0.1, 0.15) is 0 Å². The predicted molar refractivity (Wildman–Crippen MR) is 82.1 cm³/mol. The maximum atomic E-state index is 13.0. The van der Waals surface area contributed by atoms with Gasteiger partial charge in [-0.3, -0.25) is 4.79 Å². The van der Waals surface area contributed by atoms with Gasteiger partial charge in [0.05, 0.1) is 24.2 Å². The van der Waals surface area contributed by atoms with E-state index in [-0.39, 0.29) is 36.6 Å². The highest BCUT2D eigenvalue weighted by molar-refractivity contribution is 5.85. The van der Waals surface area contributed by atoms with E-state index in [2.05, 4.69) is 0 Å². The highest BCUT2D eigenvalue weighted by Crippen LogP contribution is 2.34. The molecular weight excluding hydrogens is 335 g/mol. The smallest absolute Gasteiger partial charge is 0.416 e. The van der Waals surface area contributed by atoms with Crippen LogP contribution in [-0.4, -0.2) is 17.7 Å². The third kappa shape index (κ3) is 6.37. The molecule has 8 heteroatoms. The first kappa shape index (κ1) is 21.7. The Morgan fingerprint density at radius 2 is 1.78 bits per heavy atom. The summed E-state index contributed by atoms with van der Waals surface area (Å²) in [6.07, 6.45) is -4.81. The second-order valence-electron chi connectivity index (χ2n) is 5.52. The topological polar surface area (TPSA) is 72.5 Å². The SMILES string of the molecule is CCOC(=O)CC(N)c1cc(C(C)(C)O)cc(C(F)(F)F)c1.Cl. The fraction of sp³-hybridized carbons (Fsp3) is 0.533. The van der Waals surface area contributed by atoms with Crippen molar-refractivity contribution in [2.75, 3.05) is 6.61 Å². The van der Waals surface area contributed by atoms with Gasteiger partial charge in [-0.1, -0.05) is 6.07 Å². The molecule has 0 aliphatic carbocycles. The lowest BCUT2D eigenvalue weighted by Crippen LogP contribution is -2.21. The first-order chi connectivity index (χ1) is 9.95. The van der Waals surface area contributed by atoms with Gasteiger partial charge in [0.25, 0.3) is 0 Å². The average Bonchev–Trinajstić information content (AvgIpc) is 2.36. The van der Waals surface area contributed by atoms with Crippen LogP contribution in [0.25, 0.3) is 0 Å². The van der Waals surface area contributed by atoms with E-state index < -0.39 is 29.4 Å². The van der Waals surface area contributed by atoms with Crippen LogP contribution in [0.4, 0.5) is 13.2 Å². The first-order valence-corrected chi connectivity index (χ1v) is 6.81. The number of hydrogen-bond acceptors (Lipinski definition) is 4. The number of halogens is 4. The van der Waals surface area contributed by atoms with Crippen molar-refractivity contribution in [2.24, 2.45) is 5.73 Å². The molecule has 0 aliphatic heterocycles. The summed E-state index contributed by atoms with van der Waals surface area (Å²) in [6, 6.07) is 2.20. The molecule has 1 atom stereocenters. The Morgan fingerprint density at radius 1 is 1.26 bits per heavy atom.